The van der Waals surface area contributed by atoms with E-state index in [1.807, 2.05) is 24.3 Å². The van der Waals surface area contributed by atoms with E-state index in [-0.39, 0.29) is 12.5 Å². The van der Waals surface area contributed by atoms with E-state index in [0.717, 1.165) is 17.9 Å². The summed E-state index contributed by atoms with van der Waals surface area (Å²) >= 11 is 0. The lowest BCUT2D eigenvalue weighted by molar-refractivity contribution is -0.123. The number of fused-ring (bicyclic) bond motifs is 1. The van der Waals surface area contributed by atoms with Gasteiger partial charge in [0.25, 0.3) is 5.91 Å². The lowest BCUT2D eigenvalue weighted by Gasteiger charge is -2.21. The number of hydrogen-bond acceptors (Lipinski definition) is 4. The van der Waals surface area contributed by atoms with Crippen molar-refractivity contribution in [2.24, 2.45) is 0 Å². The van der Waals surface area contributed by atoms with Gasteiger partial charge in [-0.3, -0.25) is 4.79 Å². The van der Waals surface area contributed by atoms with E-state index >= 15 is 0 Å². The molecule has 0 saturated heterocycles. The van der Waals surface area contributed by atoms with Crippen LogP contribution in [0, 0.1) is 0 Å². The van der Waals surface area contributed by atoms with Gasteiger partial charge in [0.2, 0.25) is 0 Å². The first kappa shape index (κ1) is 13.8. The van der Waals surface area contributed by atoms with Crippen molar-refractivity contribution >= 4 is 11.6 Å². The fourth-order valence-electron chi connectivity index (χ4n) is 1.97. The molecule has 1 aromatic carbocycles. The maximum absolute atomic E-state index is 12.2. The van der Waals surface area contributed by atoms with Crippen molar-refractivity contribution in [3.05, 3.63) is 24.3 Å². The molecule has 0 bridgehead atoms. The predicted octanol–water partition coefficient (Wildman–Crippen LogP) is 1.47. The van der Waals surface area contributed by atoms with Gasteiger partial charge in [0.1, 0.15) is 12.4 Å². The zero-order valence-electron chi connectivity index (χ0n) is 11.1. The summed E-state index contributed by atoms with van der Waals surface area (Å²) in [5, 5.41) is 0. The molecule has 0 N–H and O–H groups in total. The Labute approximate surface area is 113 Å². The van der Waals surface area contributed by atoms with E-state index < -0.39 is 0 Å². The highest BCUT2D eigenvalue weighted by atomic mass is 16.5. The first-order valence-corrected chi connectivity index (χ1v) is 6.42. The third kappa shape index (κ3) is 3.68. The standard InChI is InChI=1S/C14H19NO4/c1-17-9-10-18-11-14(16)15-7-4-8-19-13-6-3-2-5-12(13)15/h2-3,5-6H,4,7-11H2,1H3. The molecule has 0 atom stereocenters. The maximum Gasteiger partial charge on any atom is 0.253 e. The minimum absolute atomic E-state index is 0.0472. The molecule has 2 rings (SSSR count). The maximum atomic E-state index is 12.2. The van der Waals surface area contributed by atoms with Crippen LogP contribution in [0.5, 0.6) is 5.75 Å². The molecular formula is C14H19NO4. The number of carbonyl (C=O) groups is 1. The van der Waals surface area contributed by atoms with Crippen molar-refractivity contribution < 1.29 is 19.0 Å². The smallest absolute Gasteiger partial charge is 0.253 e. The van der Waals surface area contributed by atoms with Gasteiger partial charge in [-0.1, -0.05) is 12.1 Å². The van der Waals surface area contributed by atoms with E-state index in [2.05, 4.69) is 0 Å². The topological polar surface area (TPSA) is 48.0 Å². The Hall–Kier alpha value is -1.59. The molecule has 0 unspecified atom stereocenters. The summed E-state index contributed by atoms with van der Waals surface area (Å²) in [6.45, 7) is 2.27. The largest absolute Gasteiger partial charge is 0.491 e. The predicted molar refractivity (Wildman–Crippen MR) is 71.6 cm³/mol. The Morgan fingerprint density at radius 1 is 1.37 bits per heavy atom. The van der Waals surface area contributed by atoms with Crippen molar-refractivity contribution in [1.82, 2.24) is 0 Å². The minimum Gasteiger partial charge on any atom is -0.491 e. The van der Waals surface area contributed by atoms with E-state index in [0.29, 0.717) is 26.4 Å². The fourth-order valence-corrected chi connectivity index (χ4v) is 1.97. The quantitative estimate of drug-likeness (QED) is 0.756. The number of carbonyl (C=O) groups excluding carboxylic acids is 1. The lowest BCUT2D eigenvalue weighted by Crippen LogP contribution is -2.34. The molecular weight excluding hydrogens is 246 g/mol. The molecule has 1 amide bonds. The lowest BCUT2D eigenvalue weighted by atomic mass is 10.2. The molecule has 0 saturated carbocycles. The first-order chi connectivity index (χ1) is 9.33. The van der Waals surface area contributed by atoms with Gasteiger partial charge >= 0.3 is 0 Å². The van der Waals surface area contributed by atoms with Gasteiger partial charge < -0.3 is 19.1 Å². The summed E-state index contributed by atoms with van der Waals surface area (Å²) in [6.07, 6.45) is 0.818. The van der Waals surface area contributed by atoms with Gasteiger partial charge in [-0.05, 0) is 18.6 Å². The zero-order valence-corrected chi connectivity index (χ0v) is 11.1. The summed E-state index contributed by atoms with van der Waals surface area (Å²) in [7, 11) is 1.60. The van der Waals surface area contributed by atoms with Crippen molar-refractivity contribution in [3.63, 3.8) is 0 Å². The van der Waals surface area contributed by atoms with Crippen molar-refractivity contribution in [3.8, 4) is 5.75 Å². The third-order valence-corrected chi connectivity index (χ3v) is 2.90. The Morgan fingerprint density at radius 2 is 2.21 bits per heavy atom. The van der Waals surface area contributed by atoms with E-state index in [1.165, 1.54) is 0 Å². The minimum atomic E-state index is -0.0472. The van der Waals surface area contributed by atoms with Gasteiger partial charge in [-0.25, -0.2) is 0 Å². The highest BCUT2D eigenvalue weighted by Crippen LogP contribution is 2.30. The number of para-hydroxylation sites is 2. The number of benzene rings is 1. The monoisotopic (exact) mass is 265 g/mol. The average Bonchev–Trinajstić information content (AvgIpc) is 2.66. The summed E-state index contributed by atoms with van der Waals surface area (Å²) in [6, 6.07) is 7.59. The first-order valence-electron chi connectivity index (χ1n) is 6.42. The van der Waals surface area contributed by atoms with Gasteiger partial charge in [-0.2, -0.15) is 0 Å². The molecule has 5 heteroatoms. The highest BCUT2D eigenvalue weighted by Gasteiger charge is 2.21. The molecule has 19 heavy (non-hydrogen) atoms. The average molecular weight is 265 g/mol. The van der Waals surface area contributed by atoms with E-state index in [4.69, 9.17) is 14.2 Å². The number of hydrogen-bond donors (Lipinski definition) is 0. The van der Waals surface area contributed by atoms with Crippen LogP contribution in [-0.2, 0) is 14.3 Å². The Bertz CT molecular complexity index is 422. The molecule has 104 valence electrons. The Kier molecular flexibility index (Phi) is 5.18. The normalized spacial score (nSPS) is 14.5. The van der Waals surface area contributed by atoms with Crippen LogP contribution in [0.15, 0.2) is 24.3 Å². The number of rotatable bonds is 5. The fraction of sp³-hybridized carbons (Fsp3) is 0.500. The second kappa shape index (κ2) is 7.11. The third-order valence-electron chi connectivity index (χ3n) is 2.90. The summed E-state index contributed by atoms with van der Waals surface area (Å²) < 4.78 is 15.8. The molecule has 0 fully saturated rings. The summed E-state index contributed by atoms with van der Waals surface area (Å²) in [5.74, 6) is 0.708. The Balaban J connectivity index is 2.00. The number of methoxy groups -OCH3 is 1. The molecule has 1 heterocycles. The second-order valence-corrected chi connectivity index (χ2v) is 4.26. The second-order valence-electron chi connectivity index (χ2n) is 4.26. The number of amides is 1. The van der Waals surface area contributed by atoms with Crippen LogP contribution in [0.2, 0.25) is 0 Å². The SMILES string of the molecule is COCCOCC(=O)N1CCCOc2ccccc21. The molecule has 1 aliphatic rings. The molecule has 0 spiro atoms. The number of ether oxygens (including phenoxy) is 3. The van der Waals surface area contributed by atoms with Crippen molar-refractivity contribution in [2.75, 3.05) is 45.0 Å². The van der Waals surface area contributed by atoms with Gasteiger partial charge in [0, 0.05) is 13.7 Å². The van der Waals surface area contributed by atoms with Crippen LogP contribution in [0.4, 0.5) is 5.69 Å². The molecule has 0 radical (unpaired) electrons. The van der Waals surface area contributed by atoms with Crippen LogP contribution in [0.1, 0.15) is 6.42 Å². The molecule has 1 aromatic rings. The molecule has 0 aromatic heterocycles. The number of anilines is 1. The van der Waals surface area contributed by atoms with Gasteiger partial charge in [0.15, 0.2) is 0 Å². The van der Waals surface area contributed by atoms with Crippen LogP contribution >= 0.6 is 0 Å². The Morgan fingerprint density at radius 3 is 3.05 bits per heavy atom. The molecule has 5 nitrogen and oxygen atoms in total. The highest BCUT2D eigenvalue weighted by molar-refractivity contribution is 5.95. The van der Waals surface area contributed by atoms with Crippen LogP contribution in [0.25, 0.3) is 0 Å². The van der Waals surface area contributed by atoms with Gasteiger partial charge in [0.05, 0.1) is 25.5 Å². The van der Waals surface area contributed by atoms with Crippen LogP contribution in [0.3, 0.4) is 0 Å². The van der Waals surface area contributed by atoms with Crippen molar-refractivity contribution in [2.45, 2.75) is 6.42 Å². The molecule has 0 aliphatic carbocycles. The molecule has 1 aliphatic heterocycles. The van der Waals surface area contributed by atoms with E-state index in [1.54, 1.807) is 12.0 Å². The zero-order chi connectivity index (χ0) is 13.5. The number of nitrogens with zero attached hydrogens (tertiary/aromatic N) is 1. The van der Waals surface area contributed by atoms with E-state index in [9.17, 15) is 4.79 Å². The van der Waals surface area contributed by atoms with Crippen LogP contribution in [-0.4, -0.2) is 46.0 Å². The summed E-state index contributed by atoms with van der Waals surface area (Å²) in [5.41, 5.74) is 0.820. The summed E-state index contributed by atoms with van der Waals surface area (Å²) in [4.78, 5) is 13.9. The van der Waals surface area contributed by atoms with Crippen molar-refractivity contribution in [1.29, 1.82) is 0 Å². The van der Waals surface area contributed by atoms with Crippen LogP contribution < -0.4 is 9.64 Å². The van der Waals surface area contributed by atoms with Gasteiger partial charge in [-0.15, -0.1) is 0 Å².